The molecule has 0 aromatic heterocycles. The highest BCUT2D eigenvalue weighted by atomic mass is 19.1. The second kappa shape index (κ2) is 8.19. The first kappa shape index (κ1) is 15.1. The molecule has 0 saturated carbocycles. The van der Waals surface area contributed by atoms with E-state index in [0.29, 0.717) is 0 Å². The van der Waals surface area contributed by atoms with Gasteiger partial charge in [-0.15, -0.1) is 0 Å². The first-order valence-electron chi connectivity index (χ1n) is 6.28. The van der Waals surface area contributed by atoms with Crippen LogP contribution in [0.25, 0.3) is 0 Å². The lowest BCUT2D eigenvalue weighted by Gasteiger charge is -2.24. The van der Waals surface area contributed by atoms with Gasteiger partial charge >= 0.3 is 0 Å². The van der Waals surface area contributed by atoms with Crippen LogP contribution in [-0.2, 0) is 4.74 Å². The number of likely N-dealkylation sites (N-methyl/N-ethyl adjacent to an activating group) is 2. The molecule has 3 nitrogen and oxygen atoms in total. The molecular formula is C14H23FN2O. The van der Waals surface area contributed by atoms with Crippen molar-refractivity contribution in [2.24, 2.45) is 0 Å². The highest BCUT2D eigenvalue weighted by Crippen LogP contribution is 2.17. The molecule has 0 radical (unpaired) electrons. The number of nitrogens with one attached hydrogen (secondary N) is 1. The lowest BCUT2D eigenvalue weighted by molar-refractivity contribution is 0.176. The van der Waals surface area contributed by atoms with Crippen molar-refractivity contribution < 1.29 is 9.13 Å². The molecule has 1 aromatic rings. The molecule has 1 aromatic carbocycles. The van der Waals surface area contributed by atoms with Gasteiger partial charge in [0.25, 0.3) is 0 Å². The van der Waals surface area contributed by atoms with E-state index in [4.69, 9.17) is 4.74 Å². The van der Waals surface area contributed by atoms with E-state index < -0.39 is 0 Å². The fraction of sp³-hybridized carbons (Fsp3) is 0.571. The summed E-state index contributed by atoms with van der Waals surface area (Å²) in [6.45, 7) is 2.48. The van der Waals surface area contributed by atoms with Gasteiger partial charge < -0.3 is 15.0 Å². The van der Waals surface area contributed by atoms with E-state index >= 15 is 0 Å². The molecule has 18 heavy (non-hydrogen) atoms. The first-order valence-corrected chi connectivity index (χ1v) is 6.28. The third-order valence-corrected chi connectivity index (χ3v) is 3.01. The largest absolute Gasteiger partial charge is 0.385 e. The van der Waals surface area contributed by atoms with Crippen LogP contribution in [0.3, 0.4) is 0 Å². The van der Waals surface area contributed by atoms with Crippen molar-refractivity contribution in [1.29, 1.82) is 0 Å². The second-order valence-electron chi connectivity index (χ2n) is 4.47. The topological polar surface area (TPSA) is 24.5 Å². The van der Waals surface area contributed by atoms with Crippen LogP contribution in [0, 0.1) is 5.82 Å². The van der Waals surface area contributed by atoms with E-state index in [1.807, 2.05) is 26.2 Å². The summed E-state index contributed by atoms with van der Waals surface area (Å²) < 4.78 is 18.7. The van der Waals surface area contributed by atoms with E-state index in [1.54, 1.807) is 13.2 Å². The maximum absolute atomic E-state index is 13.7. The molecule has 0 saturated heterocycles. The zero-order valence-electron chi connectivity index (χ0n) is 11.4. The van der Waals surface area contributed by atoms with Gasteiger partial charge in [-0.25, -0.2) is 4.39 Å². The standard InChI is InChI=1S/C14H23FN2O/c1-16-14(11-17(2)9-6-10-18-3)12-7-4-5-8-13(12)15/h4-5,7-8,14,16H,6,9-11H2,1-3H3. The van der Waals surface area contributed by atoms with Gasteiger partial charge in [0.15, 0.2) is 0 Å². The molecule has 0 heterocycles. The molecule has 1 rings (SSSR count). The van der Waals surface area contributed by atoms with E-state index in [2.05, 4.69) is 10.2 Å². The molecule has 0 fully saturated rings. The lowest BCUT2D eigenvalue weighted by atomic mass is 10.1. The van der Waals surface area contributed by atoms with E-state index in [-0.39, 0.29) is 11.9 Å². The van der Waals surface area contributed by atoms with Crippen LogP contribution < -0.4 is 5.32 Å². The summed E-state index contributed by atoms with van der Waals surface area (Å²) in [5.74, 6) is -0.151. The summed E-state index contributed by atoms with van der Waals surface area (Å²) >= 11 is 0. The number of methoxy groups -OCH3 is 1. The minimum atomic E-state index is -0.151. The molecule has 0 spiro atoms. The number of hydrogen-bond acceptors (Lipinski definition) is 3. The Kier molecular flexibility index (Phi) is 6.86. The Balaban J connectivity index is 2.54. The average molecular weight is 254 g/mol. The fourth-order valence-electron chi connectivity index (χ4n) is 1.98. The molecule has 1 unspecified atom stereocenters. The quantitative estimate of drug-likeness (QED) is 0.719. The summed E-state index contributed by atoms with van der Waals surface area (Å²) in [4.78, 5) is 2.19. The SMILES string of the molecule is CNC(CN(C)CCCOC)c1ccccc1F. The second-order valence-corrected chi connectivity index (χ2v) is 4.47. The van der Waals surface area contributed by atoms with Crippen molar-refractivity contribution in [3.63, 3.8) is 0 Å². The van der Waals surface area contributed by atoms with Crippen LogP contribution in [-0.4, -0.2) is 45.8 Å². The van der Waals surface area contributed by atoms with Crippen molar-refractivity contribution in [3.8, 4) is 0 Å². The van der Waals surface area contributed by atoms with Gasteiger partial charge in [0, 0.05) is 38.4 Å². The minimum Gasteiger partial charge on any atom is -0.385 e. The fourth-order valence-corrected chi connectivity index (χ4v) is 1.98. The molecule has 0 aliphatic carbocycles. The van der Waals surface area contributed by atoms with Gasteiger partial charge in [-0.05, 0) is 26.6 Å². The van der Waals surface area contributed by atoms with Crippen LogP contribution >= 0.6 is 0 Å². The maximum Gasteiger partial charge on any atom is 0.128 e. The summed E-state index contributed by atoms with van der Waals surface area (Å²) in [6.07, 6.45) is 0.987. The third kappa shape index (κ3) is 4.72. The van der Waals surface area contributed by atoms with Crippen LogP contribution in [0.2, 0.25) is 0 Å². The average Bonchev–Trinajstić information content (AvgIpc) is 2.37. The molecule has 0 amide bonds. The van der Waals surface area contributed by atoms with Crippen molar-refractivity contribution in [2.75, 3.05) is 40.9 Å². The summed E-state index contributed by atoms with van der Waals surface area (Å²) in [5, 5.41) is 3.17. The monoisotopic (exact) mass is 254 g/mol. The normalized spacial score (nSPS) is 12.9. The molecule has 1 N–H and O–H groups in total. The van der Waals surface area contributed by atoms with Crippen molar-refractivity contribution in [2.45, 2.75) is 12.5 Å². The van der Waals surface area contributed by atoms with Crippen molar-refractivity contribution >= 4 is 0 Å². The Bertz CT molecular complexity index is 346. The molecule has 1 atom stereocenters. The highest BCUT2D eigenvalue weighted by molar-refractivity contribution is 5.21. The van der Waals surface area contributed by atoms with Gasteiger partial charge in [-0.3, -0.25) is 0 Å². The maximum atomic E-state index is 13.7. The number of nitrogens with zero attached hydrogens (tertiary/aromatic N) is 1. The molecular weight excluding hydrogens is 231 g/mol. The van der Waals surface area contributed by atoms with Crippen LogP contribution in [0.1, 0.15) is 18.0 Å². The summed E-state index contributed by atoms with van der Waals surface area (Å²) in [7, 11) is 5.61. The summed E-state index contributed by atoms with van der Waals surface area (Å²) in [6, 6.07) is 6.93. The van der Waals surface area contributed by atoms with E-state index in [0.717, 1.165) is 31.7 Å². The molecule has 0 aliphatic rings. The predicted octanol–water partition coefficient (Wildman–Crippen LogP) is 2.05. The van der Waals surface area contributed by atoms with Gasteiger partial charge in [-0.1, -0.05) is 18.2 Å². The zero-order chi connectivity index (χ0) is 13.4. The van der Waals surface area contributed by atoms with Crippen LogP contribution in [0.4, 0.5) is 4.39 Å². The Morgan fingerprint density at radius 2 is 2.11 bits per heavy atom. The van der Waals surface area contributed by atoms with E-state index in [1.165, 1.54) is 6.07 Å². The Morgan fingerprint density at radius 3 is 2.72 bits per heavy atom. The number of hydrogen-bond donors (Lipinski definition) is 1. The number of ether oxygens (including phenoxy) is 1. The highest BCUT2D eigenvalue weighted by Gasteiger charge is 2.15. The summed E-state index contributed by atoms with van der Waals surface area (Å²) in [5.41, 5.74) is 0.721. The molecule has 0 bridgehead atoms. The lowest BCUT2D eigenvalue weighted by Crippen LogP contribution is -2.32. The molecule has 0 aliphatic heterocycles. The van der Waals surface area contributed by atoms with Gasteiger partial charge in [0.05, 0.1) is 0 Å². The van der Waals surface area contributed by atoms with Crippen molar-refractivity contribution in [1.82, 2.24) is 10.2 Å². The van der Waals surface area contributed by atoms with Gasteiger partial charge in [-0.2, -0.15) is 0 Å². The van der Waals surface area contributed by atoms with Crippen molar-refractivity contribution in [3.05, 3.63) is 35.6 Å². The Hall–Kier alpha value is -0.970. The number of benzene rings is 1. The molecule has 102 valence electrons. The first-order chi connectivity index (χ1) is 8.69. The minimum absolute atomic E-state index is 0.0127. The number of halogens is 1. The third-order valence-electron chi connectivity index (χ3n) is 3.01. The predicted molar refractivity (Wildman–Crippen MR) is 72.2 cm³/mol. The van der Waals surface area contributed by atoms with Gasteiger partial charge in [0.1, 0.15) is 5.82 Å². The smallest absolute Gasteiger partial charge is 0.128 e. The number of rotatable bonds is 8. The van der Waals surface area contributed by atoms with Gasteiger partial charge in [0.2, 0.25) is 0 Å². The van der Waals surface area contributed by atoms with E-state index in [9.17, 15) is 4.39 Å². The molecule has 4 heteroatoms. The zero-order valence-corrected chi connectivity index (χ0v) is 11.4. The Labute approximate surface area is 109 Å². The van der Waals surface area contributed by atoms with Crippen LogP contribution in [0.5, 0.6) is 0 Å². The van der Waals surface area contributed by atoms with Crippen LogP contribution in [0.15, 0.2) is 24.3 Å². The Morgan fingerprint density at radius 1 is 1.39 bits per heavy atom.